The van der Waals surface area contributed by atoms with Crippen molar-refractivity contribution < 1.29 is 0 Å². The molecule has 2 nitrogen and oxygen atoms in total. The Balaban J connectivity index is 2.34. The van der Waals surface area contributed by atoms with Gasteiger partial charge in [0.1, 0.15) is 0 Å². The van der Waals surface area contributed by atoms with E-state index in [0.717, 1.165) is 18.1 Å². The van der Waals surface area contributed by atoms with Gasteiger partial charge in [0.25, 0.3) is 0 Å². The average molecular weight is 255 g/mol. The zero-order valence-electron chi connectivity index (χ0n) is 11.2. The van der Waals surface area contributed by atoms with Gasteiger partial charge in [-0.3, -0.25) is 0 Å². The Labute approximate surface area is 110 Å². The molecule has 0 saturated carbocycles. The second-order valence-electron chi connectivity index (χ2n) is 4.80. The van der Waals surface area contributed by atoms with Gasteiger partial charge in [-0.25, -0.2) is 0 Å². The lowest BCUT2D eigenvalue weighted by Gasteiger charge is -2.22. The van der Waals surface area contributed by atoms with Crippen molar-refractivity contribution in [2.45, 2.75) is 32.9 Å². The fourth-order valence-corrected chi connectivity index (χ4v) is 1.71. The predicted octanol–water partition coefficient (Wildman–Crippen LogP) is 3.33. The summed E-state index contributed by atoms with van der Waals surface area (Å²) in [6, 6.07) is 9.00. The van der Waals surface area contributed by atoms with E-state index in [2.05, 4.69) is 50.2 Å². The zero-order chi connectivity index (χ0) is 12.8. The van der Waals surface area contributed by atoms with E-state index in [1.165, 1.54) is 5.56 Å². The van der Waals surface area contributed by atoms with Gasteiger partial charge < -0.3 is 10.2 Å². The van der Waals surface area contributed by atoms with E-state index in [-0.39, 0.29) is 0 Å². The molecule has 1 unspecified atom stereocenters. The largest absolute Gasteiger partial charge is 0.309 e. The van der Waals surface area contributed by atoms with Crippen LogP contribution in [0.5, 0.6) is 0 Å². The van der Waals surface area contributed by atoms with E-state index in [0.29, 0.717) is 12.1 Å². The molecule has 0 aliphatic rings. The minimum Gasteiger partial charge on any atom is -0.309 e. The summed E-state index contributed by atoms with van der Waals surface area (Å²) in [5.74, 6) is 0. The first-order valence-electron chi connectivity index (χ1n) is 6.19. The van der Waals surface area contributed by atoms with Crippen molar-refractivity contribution in [1.82, 2.24) is 10.2 Å². The second kappa shape index (κ2) is 7.00. The molecule has 0 saturated heterocycles. The molecule has 1 aromatic carbocycles. The van der Waals surface area contributed by atoms with Crippen LogP contribution in [-0.2, 0) is 0 Å². The number of hydrogen-bond donors (Lipinski definition) is 1. The van der Waals surface area contributed by atoms with E-state index in [1.54, 1.807) is 0 Å². The third-order valence-corrected chi connectivity index (χ3v) is 3.42. The Morgan fingerprint density at radius 3 is 2.29 bits per heavy atom. The van der Waals surface area contributed by atoms with Gasteiger partial charge in [0.15, 0.2) is 0 Å². The van der Waals surface area contributed by atoms with Crippen molar-refractivity contribution in [2.24, 2.45) is 0 Å². The van der Waals surface area contributed by atoms with Gasteiger partial charge in [-0.1, -0.05) is 23.7 Å². The van der Waals surface area contributed by atoms with E-state index in [1.807, 2.05) is 12.1 Å². The summed E-state index contributed by atoms with van der Waals surface area (Å²) >= 11 is 5.87. The highest BCUT2D eigenvalue weighted by Gasteiger charge is 2.06. The molecule has 0 aliphatic carbocycles. The van der Waals surface area contributed by atoms with Crippen LogP contribution < -0.4 is 5.32 Å². The fraction of sp³-hybridized carbons (Fsp3) is 0.571. The van der Waals surface area contributed by atoms with Gasteiger partial charge in [-0.2, -0.15) is 0 Å². The molecule has 0 bridgehead atoms. The van der Waals surface area contributed by atoms with Crippen molar-refractivity contribution in [3.8, 4) is 0 Å². The van der Waals surface area contributed by atoms with Gasteiger partial charge in [-0.05, 0) is 45.5 Å². The SMILES string of the molecule is CC(NCCN(C)C(C)C)c1ccc(Cl)cc1. The molecule has 3 heteroatoms. The van der Waals surface area contributed by atoms with Crippen LogP contribution in [0.4, 0.5) is 0 Å². The number of likely N-dealkylation sites (N-methyl/N-ethyl adjacent to an activating group) is 1. The molecular formula is C14H23ClN2. The van der Waals surface area contributed by atoms with E-state index < -0.39 is 0 Å². The Morgan fingerprint density at radius 2 is 1.76 bits per heavy atom. The maximum atomic E-state index is 5.87. The summed E-state index contributed by atoms with van der Waals surface area (Å²) in [4.78, 5) is 2.33. The topological polar surface area (TPSA) is 15.3 Å². The Bertz CT molecular complexity index is 321. The van der Waals surface area contributed by atoms with Crippen LogP contribution in [0.15, 0.2) is 24.3 Å². The number of hydrogen-bond acceptors (Lipinski definition) is 2. The molecule has 17 heavy (non-hydrogen) atoms. The van der Waals surface area contributed by atoms with Crippen LogP contribution in [0, 0.1) is 0 Å². The lowest BCUT2D eigenvalue weighted by Crippen LogP contribution is -2.34. The number of nitrogens with one attached hydrogen (secondary N) is 1. The highest BCUT2D eigenvalue weighted by molar-refractivity contribution is 6.30. The molecule has 1 atom stereocenters. The van der Waals surface area contributed by atoms with Crippen LogP contribution in [0.25, 0.3) is 0 Å². The second-order valence-corrected chi connectivity index (χ2v) is 5.24. The van der Waals surface area contributed by atoms with Crippen molar-refractivity contribution in [3.05, 3.63) is 34.9 Å². The number of nitrogens with zero attached hydrogens (tertiary/aromatic N) is 1. The summed E-state index contributed by atoms with van der Waals surface area (Å²) in [7, 11) is 2.15. The van der Waals surface area contributed by atoms with Crippen molar-refractivity contribution in [3.63, 3.8) is 0 Å². The van der Waals surface area contributed by atoms with Crippen molar-refractivity contribution in [1.29, 1.82) is 0 Å². The smallest absolute Gasteiger partial charge is 0.0406 e. The van der Waals surface area contributed by atoms with Crippen LogP contribution in [0.2, 0.25) is 5.02 Å². The molecule has 0 heterocycles. The first-order chi connectivity index (χ1) is 8.00. The van der Waals surface area contributed by atoms with Crippen LogP contribution in [0.1, 0.15) is 32.4 Å². The lowest BCUT2D eigenvalue weighted by molar-refractivity contribution is 0.270. The van der Waals surface area contributed by atoms with Gasteiger partial charge in [0.05, 0.1) is 0 Å². The summed E-state index contributed by atoms with van der Waals surface area (Å²) in [5, 5.41) is 4.31. The number of halogens is 1. The molecule has 0 spiro atoms. The molecule has 1 N–H and O–H groups in total. The lowest BCUT2D eigenvalue weighted by atomic mass is 10.1. The maximum Gasteiger partial charge on any atom is 0.0406 e. The maximum absolute atomic E-state index is 5.87. The molecule has 0 aromatic heterocycles. The molecular weight excluding hydrogens is 232 g/mol. The summed E-state index contributed by atoms with van der Waals surface area (Å²) in [6.07, 6.45) is 0. The van der Waals surface area contributed by atoms with Crippen LogP contribution >= 0.6 is 11.6 Å². The van der Waals surface area contributed by atoms with Crippen LogP contribution in [0.3, 0.4) is 0 Å². The Morgan fingerprint density at radius 1 is 1.18 bits per heavy atom. The number of benzene rings is 1. The molecule has 0 radical (unpaired) electrons. The monoisotopic (exact) mass is 254 g/mol. The quantitative estimate of drug-likeness (QED) is 0.838. The average Bonchev–Trinajstić information content (AvgIpc) is 2.29. The minimum absolute atomic E-state index is 0.368. The highest BCUT2D eigenvalue weighted by Crippen LogP contribution is 2.15. The normalized spacial score (nSPS) is 13.4. The first-order valence-corrected chi connectivity index (χ1v) is 6.57. The summed E-state index contributed by atoms with van der Waals surface area (Å²) in [5.41, 5.74) is 1.28. The highest BCUT2D eigenvalue weighted by atomic mass is 35.5. The molecule has 96 valence electrons. The third-order valence-electron chi connectivity index (χ3n) is 3.17. The fourth-order valence-electron chi connectivity index (χ4n) is 1.58. The van der Waals surface area contributed by atoms with Crippen LogP contribution in [-0.4, -0.2) is 31.1 Å². The standard InChI is InChI=1S/C14H23ClN2/c1-11(2)17(4)10-9-16-12(3)13-5-7-14(15)8-6-13/h5-8,11-12,16H,9-10H2,1-4H3. The minimum atomic E-state index is 0.368. The third kappa shape index (κ3) is 5.07. The molecule has 0 aliphatic heterocycles. The van der Waals surface area contributed by atoms with E-state index in [9.17, 15) is 0 Å². The van der Waals surface area contributed by atoms with E-state index >= 15 is 0 Å². The van der Waals surface area contributed by atoms with Gasteiger partial charge >= 0.3 is 0 Å². The van der Waals surface area contributed by atoms with Gasteiger partial charge in [0.2, 0.25) is 0 Å². The molecule has 0 fully saturated rings. The summed E-state index contributed by atoms with van der Waals surface area (Å²) < 4.78 is 0. The van der Waals surface area contributed by atoms with Crippen molar-refractivity contribution >= 4 is 11.6 Å². The molecule has 0 amide bonds. The number of rotatable bonds is 6. The van der Waals surface area contributed by atoms with Gasteiger partial charge in [-0.15, -0.1) is 0 Å². The predicted molar refractivity (Wildman–Crippen MR) is 75.6 cm³/mol. The Kier molecular flexibility index (Phi) is 5.96. The Hall–Kier alpha value is -0.570. The van der Waals surface area contributed by atoms with Crippen molar-refractivity contribution in [2.75, 3.05) is 20.1 Å². The molecule has 1 rings (SSSR count). The van der Waals surface area contributed by atoms with E-state index in [4.69, 9.17) is 11.6 Å². The first kappa shape index (κ1) is 14.5. The summed E-state index contributed by atoms with van der Waals surface area (Å²) in [6.45, 7) is 8.66. The van der Waals surface area contributed by atoms with Gasteiger partial charge in [0, 0.05) is 30.2 Å². The molecule has 1 aromatic rings. The zero-order valence-corrected chi connectivity index (χ0v) is 12.0.